The van der Waals surface area contributed by atoms with Crippen LogP contribution in [0.3, 0.4) is 0 Å². The summed E-state index contributed by atoms with van der Waals surface area (Å²) in [5.41, 5.74) is 0.546. The normalized spacial score (nSPS) is 17.9. The molecule has 9 heteroatoms. The number of carboxylic acids is 1. The van der Waals surface area contributed by atoms with E-state index in [2.05, 4.69) is 10.6 Å². The van der Waals surface area contributed by atoms with Gasteiger partial charge in [-0.05, 0) is 62.1 Å². The van der Waals surface area contributed by atoms with E-state index in [4.69, 9.17) is 9.84 Å². The first-order valence-corrected chi connectivity index (χ1v) is 10.8. The quantitative estimate of drug-likeness (QED) is 0.494. The maximum absolute atomic E-state index is 12.6. The topological polar surface area (TPSA) is 105 Å². The van der Waals surface area contributed by atoms with Gasteiger partial charge in [-0.1, -0.05) is 12.1 Å². The summed E-state index contributed by atoms with van der Waals surface area (Å²) in [6.45, 7) is 0.381. The van der Waals surface area contributed by atoms with Gasteiger partial charge in [0, 0.05) is 29.8 Å². The predicted molar refractivity (Wildman–Crippen MR) is 117 cm³/mol. The van der Waals surface area contributed by atoms with Crippen LogP contribution >= 0.6 is 0 Å². The van der Waals surface area contributed by atoms with E-state index in [1.54, 1.807) is 24.3 Å². The molecule has 0 saturated heterocycles. The van der Waals surface area contributed by atoms with Gasteiger partial charge >= 0.3 is 5.97 Å². The van der Waals surface area contributed by atoms with Gasteiger partial charge in [0.1, 0.15) is 5.75 Å². The Labute approximate surface area is 190 Å². The summed E-state index contributed by atoms with van der Waals surface area (Å²) >= 11 is 0. The van der Waals surface area contributed by atoms with E-state index in [9.17, 15) is 23.2 Å². The van der Waals surface area contributed by atoms with Gasteiger partial charge in [-0.2, -0.15) is 0 Å². The maximum Gasteiger partial charge on any atom is 0.306 e. The third-order valence-electron chi connectivity index (χ3n) is 5.56. The highest BCUT2D eigenvalue weighted by molar-refractivity contribution is 5.95. The van der Waals surface area contributed by atoms with Crippen LogP contribution in [-0.2, 0) is 4.79 Å². The minimum Gasteiger partial charge on any atom is -0.490 e. The minimum absolute atomic E-state index is 0.0320. The van der Waals surface area contributed by atoms with Gasteiger partial charge in [-0.25, -0.2) is 8.78 Å². The molecule has 0 atom stereocenters. The Balaban J connectivity index is 1.38. The number of halogens is 2. The third kappa shape index (κ3) is 7.00. The summed E-state index contributed by atoms with van der Waals surface area (Å²) < 4.78 is 31.0. The highest BCUT2D eigenvalue weighted by atomic mass is 19.3. The fourth-order valence-electron chi connectivity index (χ4n) is 3.64. The molecular formula is C24H26F2N2O5. The van der Waals surface area contributed by atoms with Gasteiger partial charge in [0.05, 0.1) is 12.0 Å². The van der Waals surface area contributed by atoms with Crippen LogP contribution in [0.25, 0.3) is 0 Å². The zero-order valence-electron chi connectivity index (χ0n) is 17.9. The number of carbonyl (C=O) groups is 3. The van der Waals surface area contributed by atoms with Crippen molar-refractivity contribution in [1.29, 1.82) is 0 Å². The Kier molecular flexibility index (Phi) is 8.34. The first-order valence-electron chi connectivity index (χ1n) is 10.8. The molecule has 7 nitrogen and oxygen atoms in total. The first-order chi connectivity index (χ1) is 15.8. The van der Waals surface area contributed by atoms with Crippen molar-refractivity contribution in [3.05, 3.63) is 65.2 Å². The summed E-state index contributed by atoms with van der Waals surface area (Å²) in [5.74, 6) is -1.16. The van der Waals surface area contributed by atoms with E-state index in [0.29, 0.717) is 37.0 Å². The molecule has 0 aliphatic heterocycles. The van der Waals surface area contributed by atoms with Crippen LogP contribution in [0.4, 0.5) is 8.78 Å². The van der Waals surface area contributed by atoms with Crippen molar-refractivity contribution < 1.29 is 33.0 Å². The van der Waals surface area contributed by atoms with E-state index in [1.165, 1.54) is 24.3 Å². The monoisotopic (exact) mass is 460 g/mol. The average Bonchev–Trinajstić information content (AvgIpc) is 2.82. The van der Waals surface area contributed by atoms with Crippen LogP contribution in [0.5, 0.6) is 5.75 Å². The summed E-state index contributed by atoms with van der Waals surface area (Å²) in [6, 6.07) is 11.7. The largest absolute Gasteiger partial charge is 0.490 e. The molecular weight excluding hydrogens is 434 g/mol. The number of benzene rings is 2. The van der Waals surface area contributed by atoms with Crippen molar-refractivity contribution in [2.75, 3.05) is 13.1 Å². The molecule has 33 heavy (non-hydrogen) atoms. The van der Waals surface area contributed by atoms with Gasteiger partial charge in [-0.15, -0.1) is 0 Å². The SMILES string of the molecule is O=C(NCCNC(=O)c1ccc(C(F)F)cc1)c1ccc(O[C@H]2CC[C@@H](C(=O)O)CC2)cc1. The standard InChI is InChI=1S/C24H26F2N2O5/c25-21(26)15-1-3-16(4-2-15)22(29)27-13-14-28-23(30)17-5-9-19(10-6-17)33-20-11-7-18(8-12-20)24(31)32/h1-6,9-10,18,20-21H,7-8,11-14H2,(H,27,29)(H,28,30)(H,31,32)/t18-,20+. The summed E-state index contributed by atoms with van der Waals surface area (Å²) in [5, 5.41) is 14.4. The molecule has 176 valence electrons. The molecule has 0 heterocycles. The van der Waals surface area contributed by atoms with Crippen LogP contribution in [-0.4, -0.2) is 42.1 Å². The summed E-state index contributed by atoms with van der Waals surface area (Å²) in [4.78, 5) is 35.3. The molecule has 0 radical (unpaired) electrons. The second-order valence-electron chi connectivity index (χ2n) is 7.89. The molecule has 2 amide bonds. The van der Waals surface area contributed by atoms with Gasteiger partial charge in [0.25, 0.3) is 18.2 Å². The van der Waals surface area contributed by atoms with Crippen LogP contribution in [0.1, 0.15) is 58.4 Å². The van der Waals surface area contributed by atoms with Crippen molar-refractivity contribution in [1.82, 2.24) is 10.6 Å². The van der Waals surface area contributed by atoms with E-state index < -0.39 is 18.3 Å². The molecule has 2 aromatic carbocycles. The van der Waals surface area contributed by atoms with Gasteiger partial charge in [-0.3, -0.25) is 14.4 Å². The van der Waals surface area contributed by atoms with E-state index in [1.807, 2.05) is 0 Å². The summed E-state index contributed by atoms with van der Waals surface area (Å²) in [6.07, 6.45) is -0.0641. The number of ether oxygens (including phenoxy) is 1. The number of carbonyl (C=O) groups excluding carboxylic acids is 2. The molecule has 3 rings (SSSR count). The number of rotatable bonds is 9. The third-order valence-corrected chi connectivity index (χ3v) is 5.56. The van der Waals surface area contributed by atoms with Crippen molar-refractivity contribution in [2.24, 2.45) is 5.92 Å². The van der Waals surface area contributed by atoms with E-state index in [-0.39, 0.29) is 42.1 Å². The molecule has 3 N–H and O–H groups in total. The Hall–Kier alpha value is -3.49. The summed E-state index contributed by atoms with van der Waals surface area (Å²) in [7, 11) is 0. The molecule has 0 unspecified atom stereocenters. The Bertz CT molecular complexity index is 956. The van der Waals surface area contributed by atoms with Crippen molar-refractivity contribution >= 4 is 17.8 Å². The van der Waals surface area contributed by atoms with Crippen molar-refractivity contribution in [3.63, 3.8) is 0 Å². The molecule has 0 spiro atoms. The second-order valence-corrected chi connectivity index (χ2v) is 7.89. The molecule has 0 bridgehead atoms. The Morgan fingerprint density at radius 3 is 1.79 bits per heavy atom. The molecule has 0 aromatic heterocycles. The maximum atomic E-state index is 12.6. The number of alkyl halides is 2. The molecule has 1 aliphatic carbocycles. The smallest absolute Gasteiger partial charge is 0.306 e. The van der Waals surface area contributed by atoms with Gasteiger partial charge in [0.15, 0.2) is 0 Å². The Morgan fingerprint density at radius 2 is 1.33 bits per heavy atom. The molecule has 1 fully saturated rings. The average molecular weight is 460 g/mol. The zero-order chi connectivity index (χ0) is 23.8. The van der Waals surface area contributed by atoms with Crippen LogP contribution in [0.15, 0.2) is 48.5 Å². The molecule has 1 aliphatic rings. The van der Waals surface area contributed by atoms with E-state index in [0.717, 1.165) is 0 Å². The van der Waals surface area contributed by atoms with Crippen molar-refractivity contribution in [3.8, 4) is 5.75 Å². The van der Waals surface area contributed by atoms with Crippen molar-refractivity contribution in [2.45, 2.75) is 38.2 Å². The highest BCUT2D eigenvalue weighted by Gasteiger charge is 2.26. The number of hydrogen-bond acceptors (Lipinski definition) is 4. The number of aliphatic carboxylic acids is 1. The number of nitrogens with one attached hydrogen (secondary N) is 2. The fourth-order valence-corrected chi connectivity index (χ4v) is 3.64. The van der Waals surface area contributed by atoms with Gasteiger partial charge in [0.2, 0.25) is 0 Å². The Morgan fingerprint density at radius 1 is 0.848 bits per heavy atom. The van der Waals surface area contributed by atoms with Crippen LogP contribution in [0.2, 0.25) is 0 Å². The van der Waals surface area contributed by atoms with Gasteiger partial charge < -0.3 is 20.5 Å². The molecule has 2 aromatic rings. The second kappa shape index (κ2) is 11.4. The minimum atomic E-state index is -2.59. The number of amides is 2. The fraction of sp³-hybridized carbons (Fsp3) is 0.375. The molecule has 1 saturated carbocycles. The number of hydrogen-bond donors (Lipinski definition) is 3. The lowest BCUT2D eigenvalue weighted by Gasteiger charge is -2.26. The lowest BCUT2D eigenvalue weighted by atomic mass is 9.87. The lowest BCUT2D eigenvalue weighted by Crippen LogP contribution is -2.34. The van der Waals surface area contributed by atoms with E-state index >= 15 is 0 Å². The van der Waals surface area contributed by atoms with Crippen LogP contribution < -0.4 is 15.4 Å². The predicted octanol–water partition coefficient (Wildman–Crippen LogP) is 3.81. The highest BCUT2D eigenvalue weighted by Crippen LogP contribution is 2.28. The zero-order valence-corrected chi connectivity index (χ0v) is 17.9. The lowest BCUT2D eigenvalue weighted by molar-refractivity contribution is -0.143. The first kappa shape index (κ1) is 24.2. The number of carboxylic acid groups (broad SMARTS) is 1. The van der Waals surface area contributed by atoms with Crippen LogP contribution in [0, 0.1) is 5.92 Å².